The Kier molecular flexibility index (Phi) is 5.04. The number of imide groups is 1. The van der Waals surface area contributed by atoms with Crippen molar-refractivity contribution in [3.63, 3.8) is 0 Å². The second-order valence-corrected chi connectivity index (χ2v) is 9.15. The van der Waals surface area contributed by atoms with E-state index in [-0.39, 0.29) is 11.8 Å². The van der Waals surface area contributed by atoms with Crippen LogP contribution < -0.4 is 14.9 Å². The molecule has 6 heteroatoms. The van der Waals surface area contributed by atoms with E-state index in [2.05, 4.69) is 0 Å². The lowest BCUT2D eigenvalue weighted by atomic mass is 9.90. The molecule has 2 amide bonds. The maximum atomic E-state index is 14.0. The van der Waals surface area contributed by atoms with Gasteiger partial charge in [0.05, 0.1) is 17.4 Å². The fourth-order valence-electron chi connectivity index (χ4n) is 5.16. The predicted molar refractivity (Wildman–Crippen MR) is 137 cm³/mol. The fraction of sp³-hybridized carbons (Fsp3) is 0.172. The number of nitrogens with zero attached hydrogens (tertiary/aromatic N) is 3. The highest BCUT2D eigenvalue weighted by Gasteiger charge is 2.60. The normalized spacial score (nSPS) is 21.6. The van der Waals surface area contributed by atoms with Crippen LogP contribution in [0.5, 0.6) is 0 Å². The van der Waals surface area contributed by atoms with Crippen LogP contribution >= 0.6 is 0 Å². The molecule has 0 radical (unpaired) electrons. The Bertz CT molecular complexity index is 1410. The average molecular weight is 464 g/mol. The topological polar surface area (TPSA) is 53.1 Å². The molecule has 3 atom stereocenters. The molecule has 0 aliphatic carbocycles. The molecule has 2 fully saturated rings. The molecule has 2 heterocycles. The summed E-state index contributed by atoms with van der Waals surface area (Å²) in [7, 11) is 3.97. The molecule has 6 nitrogen and oxygen atoms in total. The number of carbonyl (C=O) groups excluding carboxylic acids is 2. The van der Waals surface area contributed by atoms with Crippen LogP contribution in [0.1, 0.15) is 11.6 Å². The minimum absolute atomic E-state index is 0.239. The number of hydroxylamine groups is 1. The molecule has 2 aliphatic heterocycles. The summed E-state index contributed by atoms with van der Waals surface area (Å²) in [5, 5.41) is 3.57. The van der Waals surface area contributed by atoms with Gasteiger partial charge in [0.15, 0.2) is 6.10 Å². The van der Waals surface area contributed by atoms with Gasteiger partial charge in [0.25, 0.3) is 5.91 Å². The second kappa shape index (κ2) is 8.25. The zero-order chi connectivity index (χ0) is 24.1. The lowest BCUT2D eigenvalue weighted by molar-refractivity contribution is -0.126. The van der Waals surface area contributed by atoms with Crippen LogP contribution in [-0.4, -0.2) is 32.0 Å². The van der Waals surface area contributed by atoms with E-state index in [0.29, 0.717) is 5.69 Å². The third-order valence-corrected chi connectivity index (χ3v) is 6.88. The minimum atomic E-state index is -0.889. The number of amides is 2. The first-order valence-corrected chi connectivity index (χ1v) is 11.7. The first-order chi connectivity index (χ1) is 17.0. The monoisotopic (exact) mass is 463 g/mol. The summed E-state index contributed by atoms with van der Waals surface area (Å²) in [4.78, 5) is 37.3. The molecule has 4 aromatic carbocycles. The van der Waals surface area contributed by atoms with Crippen LogP contribution in [0.25, 0.3) is 10.8 Å². The maximum Gasteiger partial charge on any atom is 0.266 e. The van der Waals surface area contributed by atoms with Gasteiger partial charge >= 0.3 is 0 Å². The molecule has 0 unspecified atom stereocenters. The number of anilines is 3. The number of para-hydroxylation sites is 1. The van der Waals surface area contributed by atoms with Crippen molar-refractivity contribution in [1.82, 2.24) is 0 Å². The van der Waals surface area contributed by atoms with Gasteiger partial charge in [-0.15, -0.1) is 0 Å². The Hall–Kier alpha value is -4.16. The molecular formula is C29H25N3O3. The summed E-state index contributed by atoms with van der Waals surface area (Å²) in [6, 6.07) is 30.7. The summed E-state index contributed by atoms with van der Waals surface area (Å²) in [5.74, 6) is -1.23. The molecule has 2 saturated heterocycles. The number of rotatable bonds is 4. The van der Waals surface area contributed by atoms with Crippen LogP contribution in [0.15, 0.2) is 97.1 Å². The third-order valence-electron chi connectivity index (χ3n) is 6.88. The van der Waals surface area contributed by atoms with Crippen molar-refractivity contribution in [2.24, 2.45) is 5.92 Å². The molecule has 0 saturated carbocycles. The van der Waals surface area contributed by atoms with Gasteiger partial charge in [-0.05, 0) is 41.3 Å². The van der Waals surface area contributed by atoms with Crippen LogP contribution in [0, 0.1) is 5.92 Å². The van der Waals surface area contributed by atoms with Gasteiger partial charge in [0, 0.05) is 25.2 Å². The van der Waals surface area contributed by atoms with E-state index in [1.807, 2.05) is 116 Å². The van der Waals surface area contributed by atoms with E-state index >= 15 is 0 Å². The standard InChI is InChI=1S/C29H25N3O3/c1-30(2)21-17-15-20(16-18-21)26-25-27(35-32(26)22-11-4-3-5-12-22)29(34)31(28(25)33)24-14-8-10-19-9-6-7-13-23(19)24/h3-18,25-27H,1-2H3/t25-,26-,27+/m1/s1. The summed E-state index contributed by atoms with van der Waals surface area (Å²) < 4.78 is 0. The van der Waals surface area contributed by atoms with Crippen LogP contribution in [0.2, 0.25) is 0 Å². The smallest absolute Gasteiger partial charge is 0.266 e. The quantitative estimate of drug-likeness (QED) is 0.401. The molecule has 4 aromatic rings. The molecule has 2 aliphatic rings. The van der Waals surface area contributed by atoms with Gasteiger partial charge in [-0.25, -0.2) is 9.96 Å². The Morgan fingerprint density at radius 1 is 0.743 bits per heavy atom. The van der Waals surface area contributed by atoms with Crippen molar-refractivity contribution in [1.29, 1.82) is 0 Å². The maximum absolute atomic E-state index is 14.0. The third kappa shape index (κ3) is 3.37. The Morgan fingerprint density at radius 3 is 2.17 bits per heavy atom. The highest BCUT2D eigenvalue weighted by atomic mass is 16.7. The highest BCUT2D eigenvalue weighted by Crippen LogP contribution is 2.48. The molecule has 174 valence electrons. The van der Waals surface area contributed by atoms with Crippen LogP contribution in [0.3, 0.4) is 0 Å². The number of fused-ring (bicyclic) bond motifs is 2. The predicted octanol–water partition coefficient (Wildman–Crippen LogP) is 4.96. The summed E-state index contributed by atoms with van der Waals surface area (Å²) >= 11 is 0. The molecule has 0 spiro atoms. The average Bonchev–Trinajstić information content (AvgIpc) is 3.40. The second-order valence-electron chi connectivity index (χ2n) is 9.15. The van der Waals surface area contributed by atoms with E-state index in [4.69, 9.17) is 4.84 Å². The lowest BCUT2D eigenvalue weighted by Gasteiger charge is -2.29. The van der Waals surface area contributed by atoms with Crippen molar-refractivity contribution < 1.29 is 14.4 Å². The molecule has 0 bridgehead atoms. The highest BCUT2D eigenvalue weighted by molar-refractivity contribution is 6.26. The number of benzene rings is 4. The largest absolute Gasteiger partial charge is 0.378 e. The van der Waals surface area contributed by atoms with E-state index in [0.717, 1.165) is 27.7 Å². The number of hydrogen-bond acceptors (Lipinski definition) is 5. The fourth-order valence-corrected chi connectivity index (χ4v) is 5.16. The first kappa shape index (κ1) is 21.4. The van der Waals surface area contributed by atoms with E-state index in [1.54, 1.807) is 5.06 Å². The summed E-state index contributed by atoms with van der Waals surface area (Å²) in [5.41, 5.74) is 3.39. The molecule has 0 N–H and O–H groups in total. The summed E-state index contributed by atoms with van der Waals surface area (Å²) in [6.45, 7) is 0. The van der Waals surface area contributed by atoms with Gasteiger partial charge in [-0.2, -0.15) is 0 Å². The minimum Gasteiger partial charge on any atom is -0.378 e. The van der Waals surface area contributed by atoms with Crippen LogP contribution in [-0.2, 0) is 14.4 Å². The zero-order valence-electron chi connectivity index (χ0n) is 19.5. The van der Waals surface area contributed by atoms with Gasteiger partial charge < -0.3 is 4.90 Å². The Morgan fingerprint density at radius 2 is 1.43 bits per heavy atom. The van der Waals surface area contributed by atoms with Crippen LogP contribution in [0.4, 0.5) is 17.1 Å². The number of hydrogen-bond donors (Lipinski definition) is 0. The number of carbonyl (C=O) groups is 2. The van der Waals surface area contributed by atoms with Crippen molar-refractivity contribution in [3.8, 4) is 0 Å². The molecule has 6 rings (SSSR count). The van der Waals surface area contributed by atoms with Gasteiger partial charge in [0.2, 0.25) is 5.91 Å². The first-order valence-electron chi connectivity index (χ1n) is 11.7. The van der Waals surface area contributed by atoms with Crippen molar-refractivity contribution in [3.05, 3.63) is 103 Å². The van der Waals surface area contributed by atoms with Crippen molar-refractivity contribution in [2.75, 3.05) is 29.0 Å². The van der Waals surface area contributed by atoms with E-state index < -0.39 is 18.1 Å². The lowest BCUT2D eigenvalue weighted by Crippen LogP contribution is -2.37. The molecule has 0 aromatic heterocycles. The van der Waals surface area contributed by atoms with Gasteiger partial charge in [-0.1, -0.05) is 66.7 Å². The van der Waals surface area contributed by atoms with Crippen molar-refractivity contribution >= 4 is 39.6 Å². The SMILES string of the molecule is CN(C)c1ccc([C@@H]2[C@H]3C(=O)N(c4cccc5ccccc45)C(=O)[C@H]3ON2c2ccccc2)cc1. The summed E-state index contributed by atoms with van der Waals surface area (Å²) in [6.07, 6.45) is -0.889. The van der Waals surface area contributed by atoms with E-state index in [1.165, 1.54) is 4.90 Å². The van der Waals surface area contributed by atoms with E-state index in [9.17, 15) is 9.59 Å². The van der Waals surface area contributed by atoms with Crippen molar-refractivity contribution in [2.45, 2.75) is 12.1 Å². The Balaban J connectivity index is 1.45. The molecular weight excluding hydrogens is 438 g/mol. The molecule has 35 heavy (non-hydrogen) atoms. The van der Waals surface area contributed by atoms with Gasteiger partial charge in [0.1, 0.15) is 5.92 Å². The Labute approximate surface area is 203 Å². The zero-order valence-corrected chi connectivity index (χ0v) is 19.5. The van der Waals surface area contributed by atoms with Gasteiger partial charge in [-0.3, -0.25) is 14.4 Å².